The number of hydrogen-bond acceptors (Lipinski definition) is 7. The molecule has 10 heteroatoms. The molecule has 3 N–H and O–H groups in total. The summed E-state index contributed by atoms with van der Waals surface area (Å²) in [5.41, 5.74) is 4.88. The van der Waals surface area contributed by atoms with E-state index < -0.39 is 31.9 Å². The molecule has 1 aliphatic rings. The van der Waals surface area contributed by atoms with Crippen molar-refractivity contribution in [1.29, 1.82) is 0 Å². The van der Waals surface area contributed by atoms with E-state index in [1.54, 1.807) is 0 Å². The van der Waals surface area contributed by atoms with Gasteiger partial charge in [0.25, 0.3) is 0 Å². The number of hydrogen-bond donors (Lipinski definition) is 2. The molecule has 0 aromatic carbocycles. The first kappa shape index (κ1) is 16.1. The molecule has 2 heterocycles. The van der Waals surface area contributed by atoms with Crippen LogP contribution in [0.4, 0.5) is 5.82 Å². The Morgan fingerprint density at radius 3 is 2.95 bits per heavy atom. The summed E-state index contributed by atoms with van der Waals surface area (Å²) in [4.78, 5) is 24.8. The lowest BCUT2D eigenvalue weighted by Gasteiger charge is -2.18. The third-order valence-electron chi connectivity index (χ3n) is 3.24. The summed E-state index contributed by atoms with van der Waals surface area (Å²) in [6.45, 7) is 1.85. The largest absolute Gasteiger partial charge is 0.472 e. The van der Waals surface area contributed by atoms with E-state index in [1.807, 2.05) is 6.92 Å². The molecule has 1 unspecified atom stereocenters. The van der Waals surface area contributed by atoms with Crippen LogP contribution < -0.4 is 11.4 Å². The quantitative estimate of drug-likeness (QED) is 0.758. The summed E-state index contributed by atoms with van der Waals surface area (Å²) in [5, 5.41) is 0. The zero-order chi connectivity index (χ0) is 15.6. The van der Waals surface area contributed by atoms with Crippen molar-refractivity contribution in [3.63, 3.8) is 0 Å². The Labute approximate surface area is 121 Å². The highest BCUT2D eigenvalue weighted by molar-refractivity contribution is 7.47. The summed E-state index contributed by atoms with van der Waals surface area (Å²) >= 11 is 0. The van der Waals surface area contributed by atoms with Crippen LogP contribution >= 0.6 is 7.82 Å². The fourth-order valence-corrected chi connectivity index (χ4v) is 2.85. The van der Waals surface area contributed by atoms with Crippen LogP contribution in [0.3, 0.4) is 0 Å². The lowest BCUT2D eigenvalue weighted by Crippen LogP contribution is -2.27. The third-order valence-corrected chi connectivity index (χ3v) is 4.24. The van der Waals surface area contributed by atoms with E-state index in [2.05, 4.69) is 9.51 Å². The number of ether oxygens (including phenoxy) is 1. The molecule has 1 aromatic heterocycles. The minimum atomic E-state index is -4.11. The summed E-state index contributed by atoms with van der Waals surface area (Å²) in [6, 6.07) is 1.48. The number of rotatable bonds is 5. The number of nitrogens with zero attached hydrogens (tertiary/aromatic N) is 2. The Kier molecular flexibility index (Phi) is 4.80. The van der Waals surface area contributed by atoms with Crippen LogP contribution in [0.1, 0.15) is 26.0 Å². The molecule has 2 rings (SSSR count). The van der Waals surface area contributed by atoms with Crippen LogP contribution in [0.25, 0.3) is 0 Å². The van der Waals surface area contributed by atoms with Crippen molar-refractivity contribution >= 4 is 13.6 Å². The molecule has 118 valence electrons. The number of nitrogens with two attached hydrogens (primary N) is 1. The Balaban J connectivity index is 2.18. The van der Waals surface area contributed by atoms with Gasteiger partial charge in [-0.15, -0.1) is 0 Å². The monoisotopic (exact) mass is 319 g/mol. The first-order valence-corrected chi connectivity index (χ1v) is 7.93. The first-order chi connectivity index (χ1) is 9.86. The second kappa shape index (κ2) is 6.25. The molecule has 1 saturated heterocycles. The summed E-state index contributed by atoms with van der Waals surface area (Å²) in [7, 11) is -3.03. The van der Waals surface area contributed by atoms with Gasteiger partial charge in [-0.05, 0) is 12.5 Å². The van der Waals surface area contributed by atoms with Crippen molar-refractivity contribution < 1.29 is 23.2 Å². The number of phosphoric ester groups is 1. The van der Waals surface area contributed by atoms with Crippen LogP contribution in [-0.4, -0.2) is 33.8 Å². The highest BCUT2D eigenvalue weighted by Crippen LogP contribution is 2.47. The molecular formula is C11H18N3O6P. The maximum absolute atomic E-state index is 11.8. The van der Waals surface area contributed by atoms with Crippen molar-refractivity contribution in [3.8, 4) is 0 Å². The standard InChI is InChI=1S/C11H18N3O6P/c1-3-7-8(20-21(16,17)18-2)6-10(19-7)14-5-4-9(12)13-11(14)15/h4-5,7-8,10H,3,6H2,1-2H3,(H,16,17)(H2,12,13,15)/t7-,8+,10-/m0/s1. The number of aromatic nitrogens is 2. The second-order valence-corrected chi connectivity index (χ2v) is 6.12. The summed E-state index contributed by atoms with van der Waals surface area (Å²) in [5.74, 6) is 0.119. The minimum Gasteiger partial charge on any atom is -0.383 e. The van der Waals surface area contributed by atoms with Crippen molar-refractivity contribution in [2.45, 2.75) is 38.2 Å². The van der Waals surface area contributed by atoms with Crippen molar-refractivity contribution in [3.05, 3.63) is 22.7 Å². The van der Waals surface area contributed by atoms with Crippen molar-refractivity contribution in [2.75, 3.05) is 12.8 Å². The predicted octanol–water partition coefficient (Wildman–Crippen LogP) is 0.655. The molecule has 0 aliphatic carbocycles. The maximum Gasteiger partial charge on any atom is 0.472 e. The number of phosphoric acid groups is 1. The zero-order valence-electron chi connectivity index (χ0n) is 11.7. The molecule has 4 atom stereocenters. The molecule has 0 radical (unpaired) electrons. The Hall–Kier alpha value is -1.25. The molecule has 1 aliphatic heterocycles. The Morgan fingerprint density at radius 1 is 1.67 bits per heavy atom. The Bertz CT molecular complexity index is 606. The minimum absolute atomic E-state index is 0.119. The molecule has 0 amide bonds. The van der Waals surface area contributed by atoms with Gasteiger partial charge in [0.2, 0.25) is 0 Å². The highest BCUT2D eigenvalue weighted by atomic mass is 31.2. The van der Waals surface area contributed by atoms with Crippen molar-refractivity contribution in [1.82, 2.24) is 9.55 Å². The van der Waals surface area contributed by atoms with E-state index in [0.29, 0.717) is 6.42 Å². The lowest BCUT2D eigenvalue weighted by atomic mass is 10.1. The number of nitrogen functional groups attached to an aromatic ring is 1. The van der Waals surface area contributed by atoms with Crippen LogP contribution in [0, 0.1) is 0 Å². The van der Waals surface area contributed by atoms with Gasteiger partial charge in [0.1, 0.15) is 12.0 Å². The fourth-order valence-electron chi connectivity index (χ4n) is 2.20. The van der Waals surface area contributed by atoms with Gasteiger partial charge in [0.05, 0.1) is 12.2 Å². The van der Waals surface area contributed by atoms with E-state index in [4.69, 9.17) is 15.0 Å². The topological polar surface area (TPSA) is 126 Å². The number of anilines is 1. The van der Waals surface area contributed by atoms with Crippen molar-refractivity contribution in [2.24, 2.45) is 0 Å². The van der Waals surface area contributed by atoms with Crippen LogP contribution in [0.15, 0.2) is 17.1 Å². The van der Waals surface area contributed by atoms with E-state index >= 15 is 0 Å². The molecule has 0 saturated carbocycles. The predicted molar refractivity (Wildman–Crippen MR) is 73.4 cm³/mol. The van der Waals surface area contributed by atoms with Gasteiger partial charge < -0.3 is 15.4 Å². The fraction of sp³-hybridized carbons (Fsp3) is 0.636. The average Bonchev–Trinajstić information content (AvgIpc) is 2.80. The van der Waals surface area contributed by atoms with Crippen LogP contribution in [0.2, 0.25) is 0 Å². The Morgan fingerprint density at radius 2 is 2.38 bits per heavy atom. The molecule has 21 heavy (non-hydrogen) atoms. The molecule has 9 nitrogen and oxygen atoms in total. The average molecular weight is 319 g/mol. The van der Waals surface area contributed by atoms with E-state index in [1.165, 1.54) is 16.8 Å². The molecule has 0 bridgehead atoms. The zero-order valence-corrected chi connectivity index (χ0v) is 12.6. The van der Waals surface area contributed by atoms with E-state index in [9.17, 15) is 14.3 Å². The van der Waals surface area contributed by atoms with Gasteiger partial charge in [-0.25, -0.2) is 9.36 Å². The SMILES string of the molecule is CC[C@@H]1O[C@H](n2ccc(N)nc2=O)C[C@H]1OP(=O)(O)OC. The first-order valence-electron chi connectivity index (χ1n) is 6.43. The summed E-state index contributed by atoms with van der Waals surface area (Å²) < 4.78 is 28.0. The lowest BCUT2D eigenvalue weighted by molar-refractivity contribution is -0.0221. The van der Waals surface area contributed by atoms with Gasteiger partial charge in [0, 0.05) is 19.7 Å². The normalized spacial score (nSPS) is 28.4. The second-order valence-electron chi connectivity index (χ2n) is 4.61. The molecule has 0 spiro atoms. The van der Waals surface area contributed by atoms with Gasteiger partial charge in [-0.1, -0.05) is 6.92 Å². The maximum atomic E-state index is 11.8. The smallest absolute Gasteiger partial charge is 0.383 e. The summed E-state index contributed by atoms with van der Waals surface area (Å²) in [6.07, 6.45) is 0.562. The molecular weight excluding hydrogens is 301 g/mol. The van der Waals surface area contributed by atoms with Crippen LogP contribution in [0.5, 0.6) is 0 Å². The van der Waals surface area contributed by atoms with Gasteiger partial charge >= 0.3 is 13.5 Å². The van der Waals surface area contributed by atoms with Gasteiger partial charge in [0.15, 0.2) is 0 Å². The van der Waals surface area contributed by atoms with Gasteiger partial charge in [-0.3, -0.25) is 13.6 Å². The van der Waals surface area contributed by atoms with Gasteiger partial charge in [-0.2, -0.15) is 4.98 Å². The third kappa shape index (κ3) is 3.69. The highest BCUT2D eigenvalue weighted by Gasteiger charge is 2.40. The van der Waals surface area contributed by atoms with E-state index in [0.717, 1.165) is 7.11 Å². The van der Waals surface area contributed by atoms with Crippen LogP contribution in [-0.2, 0) is 18.3 Å². The molecule has 1 aromatic rings. The molecule has 1 fully saturated rings. The van der Waals surface area contributed by atoms with E-state index in [-0.39, 0.29) is 12.2 Å².